The molecule has 0 bridgehead atoms. The third-order valence-electron chi connectivity index (χ3n) is 3.86. The Kier molecular flexibility index (Phi) is 3.72. The van der Waals surface area contributed by atoms with E-state index in [0.29, 0.717) is 0 Å². The molecule has 1 aliphatic rings. The van der Waals surface area contributed by atoms with Gasteiger partial charge in [0.25, 0.3) is 0 Å². The first kappa shape index (κ1) is 14.1. The van der Waals surface area contributed by atoms with Crippen LogP contribution in [0.3, 0.4) is 0 Å². The van der Waals surface area contributed by atoms with E-state index in [1.807, 2.05) is 32.3 Å². The number of anilines is 2. The molecule has 0 radical (unpaired) electrons. The molecule has 2 aromatic carbocycles. The smallest absolute Gasteiger partial charge is 0.232 e. The summed E-state index contributed by atoms with van der Waals surface area (Å²) in [6.45, 7) is 0. The van der Waals surface area contributed by atoms with Crippen LogP contribution in [-0.2, 0) is 11.2 Å². The zero-order chi connectivity index (χ0) is 15.0. The van der Waals surface area contributed by atoms with Crippen molar-refractivity contribution in [2.24, 2.45) is 0 Å². The molecule has 1 atom stereocenters. The van der Waals surface area contributed by atoms with Crippen LogP contribution in [0.5, 0.6) is 0 Å². The normalized spacial score (nSPS) is 16.5. The van der Waals surface area contributed by atoms with Gasteiger partial charge in [-0.25, -0.2) is 0 Å². The number of halogens is 1. The van der Waals surface area contributed by atoms with Gasteiger partial charge in [-0.05, 0) is 47.9 Å². The van der Waals surface area contributed by atoms with Gasteiger partial charge in [0.05, 0.1) is 5.92 Å². The fraction of sp³-hybridized carbons (Fsp3) is 0.235. The first-order chi connectivity index (χ1) is 10.0. The lowest BCUT2D eigenvalue weighted by molar-refractivity contribution is -0.117. The number of hydrogen-bond acceptors (Lipinski definition) is 2. The highest BCUT2D eigenvalue weighted by Crippen LogP contribution is 2.36. The summed E-state index contributed by atoms with van der Waals surface area (Å²) in [5.41, 5.74) is 4.34. The van der Waals surface area contributed by atoms with Crippen molar-refractivity contribution in [1.82, 2.24) is 0 Å². The predicted molar refractivity (Wildman–Crippen MR) is 90.0 cm³/mol. The number of nitrogens with one attached hydrogen (secondary N) is 1. The van der Waals surface area contributed by atoms with Crippen molar-refractivity contribution in [3.05, 3.63) is 58.1 Å². The van der Waals surface area contributed by atoms with Gasteiger partial charge in [-0.1, -0.05) is 28.1 Å². The summed E-state index contributed by atoms with van der Waals surface area (Å²) in [6, 6.07) is 14.3. The van der Waals surface area contributed by atoms with Gasteiger partial charge in [0, 0.05) is 29.9 Å². The summed E-state index contributed by atoms with van der Waals surface area (Å²) in [4.78, 5) is 14.3. The zero-order valence-corrected chi connectivity index (χ0v) is 13.6. The predicted octanol–water partition coefficient (Wildman–Crippen LogP) is 3.79. The SMILES string of the molecule is CN(C)c1ccc(CC2C(=O)Nc3ccc(Br)cc32)cc1. The van der Waals surface area contributed by atoms with Crippen molar-refractivity contribution >= 4 is 33.2 Å². The van der Waals surface area contributed by atoms with Crippen LogP contribution in [-0.4, -0.2) is 20.0 Å². The minimum absolute atomic E-state index is 0.0831. The van der Waals surface area contributed by atoms with Gasteiger partial charge in [0.2, 0.25) is 5.91 Å². The first-order valence-corrected chi connectivity index (χ1v) is 7.70. The highest BCUT2D eigenvalue weighted by atomic mass is 79.9. The van der Waals surface area contributed by atoms with Crippen LogP contribution >= 0.6 is 15.9 Å². The quantitative estimate of drug-likeness (QED) is 0.918. The maximum absolute atomic E-state index is 12.2. The summed E-state index contributed by atoms with van der Waals surface area (Å²) in [5, 5.41) is 2.96. The van der Waals surface area contributed by atoms with Gasteiger partial charge in [0.15, 0.2) is 0 Å². The Bertz CT molecular complexity index is 680. The highest BCUT2D eigenvalue weighted by Gasteiger charge is 2.30. The molecule has 1 heterocycles. The molecule has 0 saturated heterocycles. The Labute approximate surface area is 133 Å². The molecular formula is C17H17BrN2O. The van der Waals surface area contributed by atoms with E-state index in [4.69, 9.17) is 0 Å². The second-order valence-electron chi connectivity index (χ2n) is 5.54. The summed E-state index contributed by atoms with van der Waals surface area (Å²) >= 11 is 3.48. The Morgan fingerprint density at radius 1 is 1.14 bits per heavy atom. The second-order valence-corrected chi connectivity index (χ2v) is 6.45. The number of fused-ring (bicyclic) bond motifs is 1. The second kappa shape index (κ2) is 5.53. The van der Waals surface area contributed by atoms with Crippen molar-refractivity contribution in [2.75, 3.05) is 24.3 Å². The molecule has 1 amide bonds. The lowest BCUT2D eigenvalue weighted by Crippen LogP contribution is -2.14. The van der Waals surface area contributed by atoms with E-state index in [9.17, 15) is 4.79 Å². The maximum atomic E-state index is 12.2. The van der Waals surface area contributed by atoms with Crippen LogP contribution in [0, 0.1) is 0 Å². The molecule has 108 valence electrons. The van der Waals surface area contributed by atoms with E-state index in [2.05, 4.69) is 50.4 Å². The standard InChI is InChI=1S/C17H17BrN2O/c1-20(2)13-6-3-11(4-7-13)9-15-14-10-12(18)5-8-16(14)19-17(15)21/h3-8,10,15H,9H2,1-2H3,(H,19,21). The number of nitrogens with zero attached hydrogens (tertiary/aromatic N) is 1. The van der Waals surface area contributed by atoms with Crippen LogP contribution in [0.2, 0.25) is 0 Å². The lowest BCUT2D eigenvalue weighted by Gasteiger charge is -2.14. The van der Waals surface area contributed by atoms with Gasteiger partial charge in [-0.2, -0.15) is 0 Å². The fourth-order valence-corrected chi connectivity index (χ4v) is 3.04. The number of rotatable bonds is 3. The summed E-state index contributed by atoms with van der Waals surface area (Å²) < 4.78 is 1.01. The van der Waals surface area contributed by atoms with Gasteiger partial charge < -0.3 is 10.2 Å². The van der Waals surface area contributed by atoms with Crippen molar-refractivity contribution in [3.63, 3.8) is 0 Å². The molecule has 1 N–H and O–H groups in total. The topological polar surface area (TPSA) is 32.3 Å². The lowest BCUT2D eigenvalue weighted by atomic mass is 9.93. The fourth-order valence-electron chi connectivity index (χ4n) is 2.67. The molecule has 4 heteroatoms. The Morgan fingerprint density at radius 2 is 1.86 bits per heavy atom. The molecule has 3 nitrogen and oxygen atoms in total. The summed E-state index contributed by atoms with van der Waals surface area (Å²) in [6.07, 6.45) is 0.725. The minimum Gasteiger partial charge on any atom is -0.378 e. The molecule has 2 aromatic rings. The number of amides is 1. The number of carbonyl (C=O) groups excluding carboxylic acids is 1. The van der Waals surface area contributed by atoms with Crippen LogP contribution in [0.1, 0.15) is 17.0 Å². The average molecular weight is 345 g/mol. The van der Waals surface area contributed by atoms with Gasteiger partial charge >= 0.3 is 0 Å². The summed E-state index contributed by atoms with van der Waals surface area (Å²) in [5.74, 6) is -0.0255. The average Bonchev–Trinajstić information content (AvgIpc) is 2.76. The van der Waals surface area contributed by atoms with Crippen LogP contribution in [0.15, 0.2) is 46.9 Å². The van der Waals surface area contributed by atoms with Crippen molar-refractivity contribution in [2.45, 2.75) is 12.3 Å². The molecule has 21 heavy (non-hydrogen) atoms. The van der Waals surface area contributed by atoms with Crippen molar-refractivity contribution in [3.8, 4) is 0 Å². The molecule has 0 aliphatic carbocycles. The third-order valence-corrected chi connectivity index (χ3v) is 4.35. The van der Waals surface area contributed by atoms with Crippen molar-refractivity contribution < 1.29 is 4.79 Å². The number of carbonyl (C=O) groups is 1. The largest absolute Gasteiger partial charge is 0.378 e. The molecule has 1 aliphatic heterocycles. The van der Waals surface area contributed by atoms with Crippen LogP contribution in [0.25, 0.3) is 0 Å². The van der Waals surface area contributed by atoms with Gasteiger partial charge in [-0.15, -0.1) is 0 Å². The van der Waals surface area contributed by atoms with Crippen LogP contribution < -0.4 is 10.2 Å². The molecule has 0 fully saturated rings. The van der Waals surface area contributed by atoms with Gasteiger partial charge in [0.1, 0.15) is 0 Å². The zero-order valence-electron chi connectivity index (χ0n) is 12.1. The van der Waals surface area contributed by atoms with E-state index in [-0.39, 0.29) is 11.8 Å². The maximum Gasteiger partial charge on any atom is 0.232 e. The molecular weight excluding hydrogens is 328 g/mol. The third kappa shape index (κ3) is 2.81. The highest BCUT2D eigenvalue weighted by molar-refractivity contribution is 9.10. The van der Waals surface area contributed by atoms with E-state index in [0.717, 1.165) is 27.8 Å². The Hall–Kier alpha value is -1.81. The van der Waals surface area contributed by atoms with Gasteiger partial charge in [-0.3, -0.25) is 4.79 Å². The molecule has 1 unspecified atom stereocenters. The molecule has 0 saturated carbocycles. The Balaban J connectivity index is 1.85. The minimum atomic E-state index is -0.109. The summed E-state index contributed by atoms with van der Waals surface area (Å²) in [7, 11) is 4.04. The van der Waals surface area contributed by atoms with E-state index in [1.165, 1.54) is 5.56 Å². The monoisotopic (exact) mass is 344 g/mol. The first-order valence-electron chi connectivity index (χ1n) is 6.91. The van der Waals surface area contributed by atoms with E-state index < -0.39 is 0 Å². The number of hydrogen-bond donors (Lipinski definition) is 1. The van der Waals surface area contributed by atoms with E-state index in [1.54, 1.807) is 0 Å². The van der Waals surface area contributed by atoms with Crippen molar-refractivity contribution in [1.29, 1.82) is 0 Å². The van der Waals surface area contributed by atoms with E-state index >= 15 is 0 Å². The molecule has 0 aromatic heterocycles. The molecule has 3 rings (SSSR count). The van der Waals surface area contributed by atoms with Crippen LogP contribution in [0.4, 0.5) is 11.4 Å². The molecule has 0 spiro atoms. The number of benzene rings is 2. The Morgan fingerprint density at radius 3 is 2.52 bits per heavy atom.